The fraction of sp³-hybridized carbons (Fsp3) is 0.0667. The molecule has 0 saturated carbocycles. The van der Waals surface area contributed by atoms with Crippen LogP contribution in [0.4, 0.5) is 11.4 Å². The Labute approximate surface area is 131 Å². The topological polar surface area (TPSA) is 60.7 Å². The Balaban J connectivity index is 2.07. The number of para-hydroxylation sites is 1. The normalized spacial score (nSPS) is 11.6. The van der Waals surface area contributed by atoms with Crippen molar-refractivity contribution >= 4 is 45.5 Å². The molecule has 0 fully saturated rings. The highest BCUT2D eigenvalue weighted by Gasteiger charge is 2.11. The van der Waals surface area contributed by atoms with Gasteiger partial charge in [0.1, 0.15) is 5.69 Å². The predicted molar refractivity (Wildman–Crippen MR) is 85.3 cm³/mol. The van der Waals surface area contributed by atoms with Crippen LogP contribution >= 0.6 is 23.2 Å². The highest BCUT2D eigenvalue weighted by molar-refractivity contribution is 6.36. The molecule has 0 unspecified atom stereocenters. The maximum Gasteiger partial charge on any atom is 0.218 e. The second kappa shape index (κ2) is 5.39. The van der Waals surface area contributed by atoms with Crippen molar-refractivity contribution in [2.75, 3.05) is 0 Å². The van der Waals surface area contributed by atoms with Gasteiger partial charge in [-0.05, 0) is 30.7 Å². The molecule has 2 N–H and O–H groups in total. The molecule has 0 radical (unpaired) electrons. The first kappa shape index (κ1) is 13.9. The molecule has 0 aliphatic rings. The summed E-state index contributed by atoms with van der Waals surface area (Å²) < 4.78 is 0. The fourth-order valence-corrected chi connectivity index (χ4v) is 2.55. The quantitative estimate of drug-likeness (QED) is 0.567. The smallest absolute Gasteiger partial charge is 0.218 e. The molecule has 6 heteroatoms. The van der Waals surface area contributed by atoms with Crippen LogP contribution in [0.3, 0.4) is 0 Å². The number of rotatable bonds is 2. The number of aryl methyl sites for hydroxylation is 1. The van der Waals surface area contributed by atoms with Crippen molar-refractivity contribution in [1.29, 1.82) is 0 Å². The summed E-state index contributed by atoms with van der Waals surface area (Å²) in [7, 11) is 0. The average Bonchev–Trinajstić information content (AvgIpc) is 2.76. The maximum atomic E-state index is 9.99. The van der Waals surface area contributed by atoms with E-state index >= 15 is 0 Å². The number of benzene rings is 2. The second-order valence-corrected chi connectivity index (χ2v) is 5.46. The molecule has 2 aromatic carbocycles. The molecule has 1 aromatic heterocycles. The van der Waals surface area contributed by atoms with Gasteiger partial charge in [0.25, 0.3) is 0 Å². The Morgan fingerprint density at radius 1 is 1.10 bits per heavy atom. The fourth-order valence-electron chi connectivity index (χ4n) is 2.10. The predicted octanol–water partition coefficient (Wildman–Crippen LogP) is 5.90. The minimum atomic E-state index is -0.0202. The molecule has 3 rings (SSSR count). The number of aromatic nitrogens is 1. The highest BCUT2D eigenvalue weighted by Crippen LogP contribution is 2.38. The van der Waals surface area contributed by atoms with Gasteiger partial charge in [0, 0.05) is 10.4 Å². The number of fused-ring (bicyclic) bond motifs is 1. The van der Waals surface area contributed by atoms with Crippen LogP contribution in [0.15, 0.2) is 46.6 Å². The van der Waals surface area contributed by atoms with Gasteiger partial charge in [-0.15, -0.1) is 10.2 Å². The molecule has 0 aliphatic heterocycles. The summed E-state index contributed by atoms with van der Waals surface area (Å²) in [6.07, 6.45) is 0. The first-order valence-electron chi connectivity index (χ1n) is 6.23. The van der Waals surface area contributed by atoms with E-state index in [9.17, 15) is 5.11 Å². The average molecular weight is 320 g/mol. The molecule has 0 amide bonds. The number of hydrogen-bond donors (Lipinski definition) is 2. The number of nitrogens with zero attached hydrogens (tertiary/aromatic N) is 2. The van der Waals surface area contributed by atoms with Crippen LogP contribution < -0.4 is 0 Å². The van der Waals surface area contributed by atoms with Crippen LogP contribution in [-0.2, 0) is 0 Å². The number of aromatic amines is 1. The zero-order valence-electron chi connectivity index (χ0n) is 11.1. The van der Waals surface area contributed by atoms with Crippen LogP contribution in [0.25, 0.3) is 10.9 Å². The number of halogens is 2. The molecule has 3 aromatic rings. The number of nitrogens with one attached hydrogen (secondary N) is 1. The van der Waals surface area contributed by atoms with Crippen molar-refractivity contribution in [1.82, 2.24) is 4.98 Å². The summed E-state index contributed by atoms with van der Waals surface area (Å²) in [6, 6.07) is 10.7. The molecule has 4 nitrogen and oxygen atoms in total. The third-order valence-electron chi connectivity index (χ3n) is 3.16. The van der Waals surface area contributed by atoms with Crippen molar-refractivity contribution in [3.63, 3.8) is 0 Å². The van der Waals surface area contributed by atoms with Crippen molar-refractivity contribution in [2.24, 2.45) is 10.2 Å². The summed E-state index contributed by atoms with van der Waals surface area (Å²) in [5, 5.41) is 19.9. The Hall–Kier alpha value is -2.04. The monoisotopic (exact) mass is 319 g/mol. The molecular formula is C15H11Cl2N3O. The largest absolute Gasteiger partial charge is 0.493 e. The molecule has 0 saturated heterocycles. The zero-order valence-corrected chi connectivity index (χ0v) is 12.6. The third-order valence-corrected chi connectivity index (χ3v) is 3.70. The van der Waals surface area contributed by atoms with Crippen molar-refractivity contribution in [3.05, 3.63) is 52.0 Å². The number of H-pyrrole nitrogens is 1. The Morgan fingerprint density at radius 3 is 2.67 bits per heavy atom. The summed E-state index contributed by atoms with van der Waals surface area (Å²) in [6.45, 7) is 1.95. The molecule has 106 valence electrons. The van der Waals surface area contributed by atoms with Gasteiger partial charge < -0.3 is 10.1 Å². The highest BCUT2D eigenvalue weighted by atomic mass is 35.5. The van der Waals surface area contributed by atoms with E-state index in [1.54, 1.807) is 18.2 Å². The second-order valence-electron chi connectivity index (χ2n) is 4.62. The summed E-state index contributed by atoms with van der Waals surface area (Å²) in [4.78, 5) is 2.90. The minimum absolute atomic E-state index is 0.0202. The molecule has 0 aliphatic carbocycles. The standard InChI is InChI=1S/C15H11Cl2N3O/c1-8-3-2-4-10-13(8)18-15(21)14(10)20-19-12-6-5-9(16)7-11(12)17/h2-7,18,21H,1H3. The lowest BCUT2D eigenvalue weighted by atomic mass is 10.1. The van der Waals surface area contributed by atoms with Gasteiger partial charge in [-0.25, -0.2) is 0 Å². The summed E-state index contributed by atoms with van der Waals surface area (Å²) in [5.41, 5.74) is 2.74. The van der Waals surface area contributed by atoms with Gasteiger partial charge in [-0.3, -0.25) is 0 Å². The molecule has 0 atom stereocenters. The Morgan fingerprint density at radius 2 is 1.90 bits per heavy atom. The SMILES string of the molecule is Cc1cccc2c(N=Nc3ccc(Cl)cc3Cl)c(O)[nH]c12. The van der Waals surface area contributed by atoms with Gasteiger partial charge in [0.05, 0.1) is 10.5 Å². The van der Waals surface area contributed by atoms with E-state index in [4.69, 9.17) is 23.2 Å². The third kappa shape index (κ3) is 2.60. The lowest BCUT2D eigenvalue weighted by molar-refractivity contribution is 0.459. The lowest BCUT2D eigenvalue weighted by Crippen LogP contribution is -1.73. The van der Waals surface area contributed by atoms with Crippen LogP contribution in [0.1, 0.15) is 5.56 Å². The Kier molecular flexibility index (Phi) is 3.57. The van der Waals surface area contributed by atoms with Crippen molar-refractivity contribution in [3.8, 4) is 5.88 Å². The molecular weight excluding hydrogens is 309 g/mol. The maximum absolute atomic E-state index is 9.99. The first-order valence-corrected chi connectivity index (χ1v) is 6.99. The summed E-state index contributed by atoms with van der Waals surface area (Å²) in [5.74, 6) is -0.0202. The molecule has 0 spiro atoms. The van der Waals surface area contributed by atoms with Gasteiger partial charge in [0.2, 0.25) is 5.88 Å². The number of hydrogen-bond acceptors (Lipinski definition) is 3. The molecule has 21 heavy (non-hydrogen) atoms. The molecule has 1 heterocycles. The van der Waals surface area contributed by atoms with E-state index in [0.717, 1.165) is 16.5 Å². The molecule has 0 bridgehead atoms. The van der Waals surface area contributed by atoms with E-state index < -0.39 is 0 Å². The van der Waals surface area contributed by atoms with E-state index in [1.807, 2.05) is 25.1 Å². The van der Waals surface area contributed by atoms with E-state index in [0.29, 0.717) is 21.4 Å². The Bertz CT molecular complexity index is 855. The van der Waals surface area contributed by atoms with E-state index in [1.165, 1.54) is 0 Å². The van der Waals surface area contributed by atoms with Crippen LogP contribution in [0.2, 0.25) is 10.0 Å². The summed E-state index contributed by atoms with van der Waals surface area (Å²) >= 11 is 11.9. The van der Waals surface area contributed by atoms with Crippen LogP contribution in [-0.4, -0.2) is 10.1 Å². The van der Waals surface area contributed by atoms with Crippen LogP contribution in [0.5, 0.6) is 5.88 Å². The van der Waals surface area contributed by atoms with Gasteiger partial charge in [0.15, 0.2) is 5.69 Å². The van der Waals surface area contributed by atoms with E-state index in [2.05, 4.69) is 15.2 Å². The zero-order chi connectivity index (χ0) is 15.0. The first-order chi connectivity index (χ1) is 10.1. The number of azo groups is 1. The van der Waals surface area contributed by atoms with Crippen molar-refractivity contribution in [2.45, 2.75) is 6.92 Å². The van der Waals surface area contributed by atoms with Crippen molar-refractivity contribution < 1.29 is 5.11 Å². The van der Waals surface area contributed by atoms with Gasteiger partial charge in [-0.1, -0.05) is 41.4 Å². The minimum Gasteiger partial charge on any atom is -0.493 e. The van der Waals surface area contributed by atoms with E-state index in [-0.39, 0.29) is 5.88 Å². The van der Waals surface area contributed by atoms with Crippen LogP contribution in [0, 0.1) is 6.92 Å². The number of aromatic hydroxyl groups is 1. The van der Waals surface area contributed by atoms with Gasteiger partial charge >= 0.3 is 0 Å². The lowest BCUT2D eigenvalue weighted by Gasteiger charge is -1.97. The van der Waals surface area contributed by atoms with Gasteiger partial charge in [-0.2, -0.15) is 0 Å².